The summed E-state index contributed by atoms with van der Waals surface area (Å²) in [5.41, 5.74) is 12.1. The molecule has 202 valence electrons. The number of carbonyl (C=O) groups is 5. The van der Waals surface area contributed by atoms with E-state index in [2.05, 4.69) is 20.9 Å². The first-order valence-electron chi connectivity index (χ1n) is 11.4. The molecule has 1 aromatic heterocycles. The van der Waals surface area contributed by atoms with Gasteiger partial charge in [0.2, 0.25) is 23.6 Å². The molecule has 0 radical (unpaired) electrons. The second kappa shape index (κ2) is 12.8. The monoisotopic (exact) mass is 520 g/mol. The SMILES string of the molecule is CC(O)C(N)C(=O)NC(C(=O)NC(CC(N)=O)C(=O)NC(Cc1c[nH]c2ccccc12)C(=O)O)C(C)O. The fraction of sp³-hybridized carbons (Fsp3) is 0.435. The highest BCUT2D eigenvalue weighted by Crippen LogP contribution is 2.19. The van der Waals surface area contributed by atoms with E-state index in [0.29, 0.717) is 5.56 Å². The van der Waals surface area contributed by atoms with Crippen LogP contribution in [0.4, 0.5) is 0 Å². The molecule has 11 N–H and O–H groups in total. The topological polar surface area (TPSA) is 250 Å². The predicted octanol–water partition coefficient (Wildman–Crippen LogP) is -2.79. The Bertz CT molecular complexity index is 1150. The first-order valence-corrected chi connectivity index (χ1v) is 11.4. The smallest absolute Gasteiger partial charge is 0.326 e. The quantitative estimate of drug-likeness (QED) is 0.132. The van der Waals surface area contributed by atoms with Gasteiger partial charge in [0, 0.05) is 23.5 Å². The number of fused-ring (bicyclic) bond motifs is 1. The van der Waals surface area contributed by atoms with Crippen molar-refractivity contribution in [1.82, 2.24) is 20.9 Å². The van der Waals surface area contributed by atoms with Gasteiger partial charge in [-0.15, -0.1) is 0 Å². The summed E-state index contributed by atoms with van der Waals surface area (Å²) < 4.78 is 0. The molecule has 0 bridgehead atoms. The maximum atomic E-state index is 12.9. The number of carboxylic acids is 1. The molecule has 2 rings (SSSR count). The molecule has 0 spiro atoms. The molecule has 0 saturated carbocycles. The van der Waals surface area contributed by atoms with Crippen molar-refractivity contribution in [3.05, 3.63) is 36.0 Å². The van der Waals surface area contributed by atoms with Crippen LogP contribution in [0, 0.1) is 0 Å². The van der Waals surface area contributed by atoms with Crippen molar-refractivity contribution in [1.29, 1.82) is 0 Å². The number of amides is 4. The van der Waals surface area contributed by atoms with Crippen LogP contribution in [0.3, 0.4) is 0 Å². The lowest BCUT2D eigenvalue weighted by molar-refractivity contribution is -0.142. The van der Waals surface area contributed by atoms with Gasteiger partial charge in [0.1, 0.15) is 24.2 Å². The summed E-state index contributed by atoms with van der Waals surface area (Å²) in [6.45, 7) is 2.44. The van der Waals surface area contributed by atoms with Crippen molar-refractivity contribution in [3.63, 3.8) is 0 Å². The number of nitrogens with two attached hydrogens (primary N) is 2. The zero-order chi connectivity index (χ0) is 27.9. The van der Waals surface area contributed by atoms with E-state index in [-0.39, 0.29) is 6.42 Å². The molecular formula is C23H32N6O8. The average molecular weight is 521 g/mol. The minimum absolute atomic E-state index is 0.105. The number of aromatic nitrogens is 1. The van der Waals surface area contributed by atoms with Crippen molar-refractivity contribution in [2.45, 2.75) is 63.1 Å². The van der Waals surface area contributed by atoms with E-state index in [1.807, 2.05) is 0 Å². The number of aromatic amines is 1. The third-order valence-corrected chi connectivity index (χ3v) is 5.64. The molecule has 0 aliphatic rings. The van der Waals surface area contributed by atoms with Gasteiger partial charge in [0.15, 0.2) is 0 Å². The van der Waals surface area contributed by atoms with Crippen LogP contribution in [-0.4, -0.2) is 86.3 Å². The van der Waals surface area contributed by atoms with Crippen LogP contribution in [0.1, 0.15) is 25.8 Å². The Morgan fingerprint density at radius 2 is 1.54 bits per heavy atom. The molecule has 0 aliphatic carbocycles. The van der Waals surface area contributed by atoms with E-state index in [4.69, 9.17) is 11.5 Å². The van der Waals surface area contributed by atoms with E-state index in [0.717, 1.165) is 10.9 Å². The second-order valence-corrected chi connectivity index (χ2v) is 8.69. The number of aliphatic hydroxyl groups is 2. The lowest BCUT2D eigenvalue weighted by Crippen LogP contribution is -2.61. The van der Waals surface area contributed by atoms with Crippen molar-refractivity contribution in [3.8, 4) is 0 Å². The summed E-state index contributed by atoms with van der Waals surface area (Å²) in [4.78, 5) is 64.3. The summed E-state index contributed by atoms with van der Waals surface area (Å²) in [5, 5.41) is 36.6. The predicted molar refractivity (Wildman–Crippen MR) is 131 cm³/mol. The van der Waals surface area contributed by atoms with E-state index in [9.17, 15) is 39.3 Å². The third kappa shape index (κ3) is 7.99. The summed E-state index contributed by atoms with van der Waals surface area (Å²) in [7, 11) is 0. The zero-order valence-electron chi connectivity index (χ0n) is 20.3. The standard InChI is InChI=1S/C23H32N6O8/c1-10(30)18(25)21(34)29-19(11(2)31)22(35)27-15(8-17(24)32)20(33)28-16(23(36)37)7-12-9-26-14-6-4-3-5-13(12)14/h3-6,9-11,15-16,18-19,26,30-31H,7-8,25H2,1-2H3,(H2,24,32)(H,27,35)(H,28,33)(H,29,34)(H,36,37). The number of primary amides is 1. The molecule has 4 amide bonds. The Morgan fingerprint density at radius 1 is 0.919 bits per heavy atom. The molecule has 6 atom stereocenters. The minimum Gasteiger partial charge on any atom is -0.480 e. The number of hydrogen-bond donors (Lipinski definition) is 9. The number of nitrogens with one attached hydrogen (secondary N) is 4. The Labute approximate surface area is 211 Å². The third-order valence-electron chi connectivity index (χ3n) is 5.64. The van der Waals surface area contributed by atoms with Gasteiger partial charge in [0.25, 0.3) is 0 Å². The Hall–Kier alpha value is -4.01. The average Bonchev–Trinajstić information content (AvgIpc) is 3.22. The van der Waals surface area contributed by atoms with Gasteiger partial charge in [-0.05, 0) is 25.5 Å². The van der Waals surface area contributed by atoms with Crippen LogP contribution in [0.2, 0.25) is 0 Å². The lowest BCUT2D eigenvalue weighted by atomic mass is 10.0. The van der Waals surface area contributed by atoms with Gasteiger partial charge in [-0.1, -0.05) is 18.2 Å². The van der Waals surface area contributed by atoms with Crippen LogP contribution in [0.25, 0.3) is 10.9 Å². The maximum absolute atomic E-state index is 12.9. The number of rotatable bonds is 13. The summed E-state index contributed by atoms with van der Waals surface area (Å²) in [6, 6.07) is 1.12. The molecule has 14 heteroatoms. The fourth-order valence-corrected chi connectivity index (χ4v) is 3.54. The number of aliphatic carboxylic acids is 1. The van der Waals surface area contributed by atoms with E-state index < -0.39 is 72.4 Å². The number of carbonyl (C=O) groups excluding carboxylic acids is 4. The van der Waals surface area contributed by atoms with Gasteiger partial charge in [-0.2, -0.15) is 0 Å². The van der Waals surface area contributed by atoms with Gasteiger partial charge in [0.05, 0.1) is 18.6 Å². The summed E-state index contributed by atoms with van der Waals surface area (Å²) in [6.07, 6.45) is -1.90. The highest BCUT2D eigenvalue weighted by atomic mass is 16.4. The molecule has 14 nitrogen and oxygen atoms in total. The number of hydrogen-bond acceptors (Lipinski definition) is 8. The van der Waals surface area contributed by atoms with Gasteiger partial charge in [-0.3, -0.25) is 19.2 Å². The van der Waals surface area contributed by atoms with Crippen molar-refractivity contribution in [2.75, 3.05) is 0 Å². The Balaban J connectivity index is 2.18. The first kappa shape index (κ1) is 29.2. The number of benzene rings is 1. The molecule has 1 aromatic carbocycles. The molecule has 0 fully saturated rings. The van der Waals surface area contributed by atoms with Gasteiger partial charge >= 0.3 is 5.97 Å². The van der Waals surface area contributed by atoms with Crippen LogP contribution < -0.4 is 27.4 Å². The molecule has 37 heavy (non-hydrogen) atoms. The van der Waals surface area contributed by atoms with Crippen molar-refractivity contribution < 1.29 is 39.3 Å². The minimum atomic E-state index is -1.61. The molecule has 2 aromatic rings. The Kier molecular flexibility index (Phi) is 10.1. The summed E-state index contributed by atoms with van der Waals surface area (Å²) in [5.74, 6) is -5.36. The number of H-pyrrole nitrogens is 1. The highest BCUT2D eigenvalue weighted by Gasteiger charge is 2.34. The van der Waals surface area contributed by atoms with Crippen LogP contribution >= 0.6 is 0 Å². The molecule has 6 unspecified atom stereocenters. The van der Waals surface area contributed by atoms with Gasteiger partial charge < -0.3 is 47.7 Å². The zero-order valence-corrected chi connectivity index (χ0v) is 20.3. The van der Waals surface area contributed by atoms with Gasteiger partial charge in [-0.25, -0.2) is 4.79 Å². The highest BCUT2D eigenvalue weighted by molar-refractivity contribution is 5.96. The first-order chi connectivity index (χ1) is 17.3. The second-order valence-electron chi connectivity index (χ2n) is 8.69. The number of aliphatic hydroxyl groups excluding tert-OH is 2. The molecule has 1 heterocycles. The summed E-state index contributed by atoms with van der Waals surface area (Å²) >= 11 is 0. The fourth-order valence-electron chi connectivity index (χ4n) is 3.54. The van der Waals surface area contributed by atoms with Crippen LogP contribution in [-0.2, 0) is 30.4 Å². The number of para-hydroxylation sites is 1. The number of carboxylic acid groups (broad SMARTS) is 1. The molecule has 0 aliphatic heterocycles. The maximum Gasteiger partial charge on any atom is 0.326 e. The molecular weight excluding hydrogens is 488 g/mol. The lowest BCUT2D eigenvalue weighted by Gasteiger charge is -2.26. The van der Waals surface area contributed by atoms with Crippen molar-refractivity contribution >= 4 is 40.5 Å². The molecule has 0 saturated heterocycles. The van der Waals surface area contributed by atoms with E-state index >= 15 is 0 Å². The Morgan fingerprint density at radius 3 is 2.11 bits per heavy atom. The van der Waals surface area contributed by atoms with E-state index in [1.54, 1.807) is 30.5 Å². The van der Waals surface area contributed by atoms with Crippen LogP contribution in [0.15, 0.2) is 30.5 Å². The normalized spacial score (nSPS) is 16.0. The van der Waals surface area contributed by atoms with E-state index in [1.165, 1.54) is 13.8 Å². The largest absolute Gasteiger partial charge is 0.480 e. The van der Waals surface area contributed by atoms with Crippen LogP contribution in [0.5, 0.6) is 0 Å². The van der Waals surface area contributed by atoms with Crippen molar-refractivity contribution in [2.24, 2.45) is 11.5 Å².